The second-order valence-electron chi connectivity index (χ2n) is 8.07. The summed E-state index contributed by atoms with van der Waals surface area (Å²) in [5.74, 6) is -2.28. The Bertz CT molecular complexity index is 1410. The van der Waals surface area contributed by atoms with Crippen LogP contribution in [0, 0.1) is 5.82 Å². The average molecular weight is 521 g/mol. The molecule has 0 aliphatic carbocycles. The van der Waals surface area contributed by atoms with E-state index in [0.29, 0.717) is 22.7 Å². The lowest BCUT2D eigenvalue weighted by atomic mass is 10.1. The molecule has 0 spiro atoms. The molecular weight excluding hydrogens is 499 g/mol. The lowest BCUT2D eigenvalue weighted by Gasteiger charge is -2.20. The van der Waals surface area contributed by atoms with Gasteiger partial charge in [-0.1, -0.05) is 41.9 Å². The van der Waals surface area contributed by atoms with Crippen molar-refractivity contribution >= 4 is 35.2 Å². The van der Waals surface area contributed by atoms with Gasteiger partial charge in [0.15, 0.2) is 0 Å². The molecule has 0 saturated heterocycles. The number of benzene rings is 3. The average Bonchev–Trinajstić information content (AvgIpc) is 3.42. The summed E-state index contributed by atoms with van der Waals surface area (Å²) in [6.07, 6.45) is 4.90. The summed E-state index contributed by atoms with van der Waals surface area (Å²) >= 11 is 6.14. The smallest absolute Gasteiger partial charge is 0.335 e. The van der Waals surface area contributed by atoms with Crippen LogP contribution in [0.3, 0.4) is 0 Å². The first-order valence-electron chi connectivity index (χ1n) is 11.2. The van der Waals surface area contributed by atoms with Gasteiger partial charge in [0.1, 0.15) is 12.1 Å². The van der Waals surface area contributed by atoms with E-state index in [1.54, 1.807) is 24.3 Å². The molecular formula is C26H22ClFN6O3. The number of nitrogens with one attached hydrogen (secondary N) is 2. The van der Waals surface area contributed by atoms with Crippen molar-refractivity contribution < 1.29 is 19.1 Å². The quantitative estimate of drug-likeness (QED) is 0.270. The number of tetrazole rings is 1. The monoisotopic (exact) mass is 520 g/mol. The molecule has 0 radical (unpaired) electrons. The number of carbonyl (C=O) groups is 2. The van der Waals surface area contributed by atoms with Crippen molar-refractivity contribution in [2.45, 2.75) is 12.5 Å². The van der Waals surface area contributed by atoms with Gasteiger partial charge in [-0.25, -0.2) is 9.18 Å². The van der Waals surface area contributed by atoms with Gasteiger partial charge in [-0.2, -0.15) is 4.68 Å². The molecule has 4 rings (SSSR count). The van der Waals surface area contributed by atoms with Gasteiger partial charge in [0.05, 0.1) is 23.0 Å². The summed E-state index contributed by atoms with van der Waals surface area (Å²) in [6, 6.07) is 17.9. The van der Waals surface area contributed by atoms with E-state index in [1.165, 1.54) is 29.2 Å². The maximum atomic E-state index is 14.4. The molecule has 9 nitrogen and oxygen atoms in total. The van der Waals surface area contributed by atoms with E-state index >= 15 is 0 Å². The number of rotatable bonds is 10. The highest BCUT2D eigenvalue weighted by molar-refractivity contribution is 6.30. The van der Waals surface area contributed by atoms with Crippen LogP contribution in [0.15, 0.2) is 79.1 Å². The van der Waals surface area contributed by atoms with Gasteiger partial charge < -0.3 is 15.7 Å². The van der Waals surface area contributed by atoms with Crippen LogP contribution in [0.4, 0.5) is 10.1 Å². The lowest BCUT2D eigenvalue weighted by Crippen LogP contribution is -2.40. The zero-order valence-electron chi connectivity index (χ0n) is 19.4. The van der Waals surface area contributed by atoms with E-state index in [9.17, 15) is 14.0 Å². The fourth-order valence-electron chi connectivity index (χ4n) is 3.65. The van der Waals surface area contributed by atoms with Crippen molar-refractivity contribution in [1.82, 2.24) is 25.5 Å². The molecule has 0 aliphatic rings. The number of hydrogen-bond donors (Lipinski definition) is 3. The SMILES string of the molecule is O=C(/C=C/c1cc(Cl)ccc1-n1cnnn1)NC(CNc1ccc(C(=O)O)cc1F)Cc1ccccc1. The molecule has 1 amide bonds. The Morgan fingerprint density at radius 2 is 1.92 bits per heavy atom. The molecule has 0 aliphatic heterocycles. The number of carboxylic acids is 1. The Kier molecular flexibility index (Phi) is 8.22. The predicted octanol–water partition coefficient (Wildman–Crippen LogP) is 4.01. The Morgan fingerprint density at radius 3 is 2.62 bits per heavy atom. The Hall–Kier alpha value is -4.57. The number of nitrogens with zero attached hydrogens (tertiary/aromatic N) is 4. The van der Waals surface area contributed by atoms with Crippen LogP contribution in [0.1, 0.15) is 21.5 Å². The van der Waals surface area contributed by atoms with Crippen molar-refractivity contribution in [2.24, 2.45) is 0 Å². The summed E-state index contributed by atoms with van der Waals surface area (Å²) in [7, 11) is 0. The topological polar surface area (TPSA) is 122 Å². The third-order valence-electron chi connectivity index (χ3n) is 5.43. The highest BCUT2D eigenvalue weighted by Crippen LogP contribution is 2.20. The largest absolute Gasteiger partial charge is 0.478 e. The van der Waals surface area contributed by atoms with Crippen LogP contribution < -0.4 is 10.6 Å². The van der Waals surface area contributed by atoms with E-state index in [2.05, 4.69) is 26.2 Å². The normalized spacial score (nSPS) is 11.8. The van der Waals surface area contributed by atoms with Gasteiger partial charge in [-0.05, 0) is 64.9 Å². The zero-order chi connectivity index (χ0) is 26.2. The van der Waals surface area contributed by atoms with Crippen molar-refractivity contribution in [1.29, 1.82) is 0 Å². The van der Waals surface area contributed by atoms with Gasteiger partial charge in [0.2, 0.25) is 5.91 Å². The highest BCUT2D eigenvalue weighted by Gasteiger charge is 2.15. The minimum Gasteiger partial charge on any atom is -0.478 e. The Labute approximate surface area is 216 Å². The van der Waals surface area contributed by atoms with Gasteiger partial charge >= 0.3 is 5.97 Å². The van der Waals surface area contributed by atoms with Crippen LogP contribution in [-0.4, -0.2) is 49.8 Å². The van der Waals surface area contributed by atoms with E-state index in [4.69, 9.17) is 16.7 Å². The summed E-state index contributed by atoms with van der Waals surface area (Å²) in [4.78, 5) is 23.9. The number of amides is 1. The highest BCUT2D eigenvalue weighted by atomic mass is 35.5. The fourth-order valence-corrected chi connectivity index (χ4v) is 3.83. The molecule has 3 N–H and O–H groups in total. The maximum Gasteiger partial charge on any atom is 0.335 e. The second-order valence-corrected chi connectivity index (χ2v) is 8.50. The van der Waals surface area contributed by atoms with Gasteiger partial charge in [-0.15, -0.1) is 5.10 Å². The molecule has 188 valence electrons. The Balaban J connectivity index is 1.49. The van der Waals surface area contributed by atoms with Crippen LogP contribution in [0.2, 0.25) is 5.02 Å². The van der Waals surface area contributed by atoms with Crippen molar-refractivity contribution in [3.8, 4) is 5.69 Å². The fraction of sp³-hybridized carbons (Fsp3) is 0.115. The number of carbonyl (C=O) groups excluding carboxylic acids is 1. The summed E-state index contributed by atoms with van der Waals surface area (Å²) < 4.78 is 15.9. The maximum absolute atomic E-state index is 14.4. The molecule has 37 heavy (non-hydrogen) atoms. The summed E-state index contributed by atoms with van der Waals surface area (Å²) in [5, 5.41) is 26.6. The molecule has 11 heteroatoms. The molecule has 1 unspecified atom stereocenters. The summed E-state index contributed by atoms with van der Waals surface area (Å²) in [6.45, 7) is 0.199. The zero-order valence-corrected chi connectivity index (χ0v) is 20.1. The minimum absolute atomic E-state index is 0.137. The Morgan fingerprint density at radius 1 is 1.11 bits per heavy atom. The number of hydrogen-bond acceptors (Lipinski definition) is 6. The third kappa shape index (κ3) is 6.98. The van der Waals surface area contributed by atoms with E-state index in [0.717, 1.165) is 11.6 Å². The minimum atomic E-state index is -1.21. The van der Waals surface area contributed by atoms with Crippen LogP contribution in [0.25, 0.3) is 11.8 Å². The van der Waals surface area contributed by atoms with Crippen LogP contribution >= 0.6 is 11.6 Å². The number of anilines is 1. The van der Waals surface area contributed by atoms with Crippen molar-refractivity contribution in [2.75, 3.05) is 11.9 Å². The van der Waals surface area contributed by atoms with Crippen molar-refractivity contribution in [3.63, 3.8) is 0 Å². The van der Waals surface area contributed by atoms with E-state index in [1.807, 2.05) is 30.3 Å². The second kappa shape index (κ2) is 11.9. The van der Waals surface area contributed by atoms with Crippen LogP contribution in [0.5, 0.6) is 0 Å². The molecule has 1 aromatic heterocycles. The van der Waals surface area contributed by atoms with Crippen LogP contribution in [-0.2, 0) is 11.2 Å². The number of carboxylic acid groups (broad SMARTS) is 1. The molecule has 0 saturated carbocycles. The molecule has 1 heterocycles. The van der Waals surface area contributed by atoms with E-state index < -0.39 is 17.8 Å². The molecule has 0 fully saturated rings. The van der Waals surface area contributed by atoms with Gasteiger partial charge in [0, 0.05) is 23.2 Å². The molecule has 3 aromatic carbocycles. The number of aromatic nitrogens is 4. The first kappa shape index (κ1) is 25.5. The number of halogens is 2. The first-order chi connectivity index (χ1) is 17.9. The number of aromatic carboxylic acids is 1. The summed E-state index contributed by atoms with van der Waals surface area (Å²) in [5.41, 5.74) is 2.24. The first-order valence-corrected chi connectivity index (χ1v) is 11.6. The van der Waals surface area contributed by atoms with E-state index in [-0.39, 0.29) is 23.7 Å². The van der Waals surface area contributed by atoms with Gasteiger partial charge in [-0.3, -0.25) is 4.79 Å². The molecule has 4 aromatic rings. The standard InChI is InChI=1S/C26H22ClFN6O3/c27-20-8-10-24(34-16-30-32-33-34)18(13-20)7-11-25(35)31-21(12-17-4-2-1-3-5-17)15-29-23-9-6-19(26(36)37)14-22(23)28/h1-11,13-14,16,21,29H,12,15H2,(H,31,35)(H,36,37)/b11-7+. The third-order valence-corrected chi connectivity index (χ3v) is 5.66. The predicted molar refractivity (Wildman–Crippen MR) is 137 cm³/mol. The van der Waals surface area contributed by atoms with Crippen molar-refractivity contribution in [3.05, 3.63) is 107 Å². The van der Waals surface area contributed by atoms with Gasteiger partial charge in [0.25, 0.3) is 0 Å². The lowest BCUT2D eigenvalue weighted by molar-refractivity contribution is -0.117. The molecule has 0 bridgehead atoms. The molecule has 1 atom stereocenters.